The molecule has 0 amide bonds. The van der Waals surface area contributed by atoms with Crippen molar-refractivity contribution >= 4 is 34.3 Å². The van der Waals surface area contributed by atoms with E-state index in [1.807, 2.05) is 6.07 Å². The van der Waals surface area contributed by atoms with Crippen LogP contribution in [0.1, 0.15) is 11.1 Å². The zero-order chi connectivity index (χ0) is 24.6. The molecular weight excluding hydrogens is 446 g/mol. The van der Waals surface area contributed by atoms with E-state index in [0.29, 0.717) is 0 Å². The normalized spacial score (nSPS) is 11.7. The molecule has 37 heavy (non-hydrogen) atoms. The third-order valence-corrected chi connectivity index (χ3v) is 7.23. The summed E-state index contributed by atoms with van der Waals surface area (Å²) in [5.74, 6) is 0. The van der Waals surface area contributed by atoms with E-state index in [0.717, 1.165) is 11.4 Å². The topological polar surface area (TPSA) is 12.0 Å². The largest absolute Gasteiger partial charge is 0.356 e. The van der Waals surface area contributed by atoms with Crippen molar-refractivity contribution in [1.29, 1.82) is 0 Å². The molecule has 7 rings (SSSR count). The lowest BCUT2D eigenvalue weighted by atomic mass is 9.89. The van der Waals surface area contributed by atoms with Crippen LogP contribution in [0.3, 0.4) is 0 Å². The van der Waals surface area contributed by atoms with Crippen LogP contribution >= 0.6 is 0 Å². The minimum atomic E-state index is 1.08. The minimum Gasteiger partial charge on any atom is -0.356 e. The van der Waals surface area contributed by atoms with Crippen molar-refractivity contribution in [2.45, 2.75) is 0 Å². The lowest BCUT2D eigenvalue weighted by Gasteiger charge is -2.15. The molecule has 1 N–H and O–H groups in total. The highest BCUT2D eigenvalue weighted by Gasteiger charge is 2.17. The summed E-state index contributed by atoms with van der Waals surface area (Å²) in [6.45, 7) is 0. The van der Waals surface area contributed by atoms with Crippen molar-refractivity contribution in [2.24, 2.45) is 0 Å². The van der Waals surface area contributed by atoms with Gasteiger partial charge in [-0.2, -0.15) is 0 Å². The van der Waals surface area contributed by atoms with Gasteiger partial charge in [0.15, 0.2) is 0 Å². The Morgan fingerprint density at radius 3 is 1.30 bits per heavy atom. The highest BCUT2D eigenvalue weighted by atomic mass is 14.9. The van der Waals surface area contributed by atoms with Gasteiger partial charge >= 0.3 is 0 Å². The van der Waals surface area contributed by atoms with E-state index in [2.05, 4.69) is 145 Å². The molecular formula is C36H25N. The summed E-state index contributed by atoms with van der Waals surface area (Å²) in [4.78, 5) is 0. The van der Waals surface area contributed by atoms with Crippen LogP contribution in [-0.4, -0.2) is 0 Å². The van der Waals surface area contributed by atoms with Gasteiger partial charge in [0.1, 0.15) is 0 Å². The number of hydrogen-bond acceptors (Lipinski definition) is 1. The van der Waals surface area contributed by atoms with Gasteiger partial charge < -0.3 is 5.32 Å². The summed E-state index contributed by atoms with van der Waals surface area (Å²) in [6.07, 6.45) is 4.46. The molecule has 1 heteroatoms. The average molecular weight is 472 g/mol. The molecule has 0 bridgehead atoms. The van der Waals surface area contributed by atoms with E-state index in [9.17, 15) is 0 Å². The predicted molar refractivity (Wildman–Crippen MR) is 159 cm³/mol. The highest BCUT2D eigenvalue weighted by molar-refractivity contribution is 6.15. The first-order valence-electron chi connectivity index (χ1n) is 12.7. The van der Waals surface area contributed by atoms with Crippen molar-refractivity contribution in [2.75, 3.05) is 5.32 Å². The lowest BCUT2D eigenvalue weighted by molar-refractivity contribution is 1.54. The standard InChI is InChI=1S/C36H25N/c1-3-7-25(8-4-1)26-13-19-31(20-14-26)37-32-21-15-28(16-22-32)34-24-18-30-12-11-29-17-23-33(36(34)35(29)30)27-9-5-2-6-10-27/h1-24,37H. The smallest absolute Gasteiger partial charge is 0.0384 e. The van der Waals surface area contributed by atoms with Crippen LogP contribution in [-0.2, 0) is 0 Å². The molecule has 0 fully saturated rings. The summed E-state index contributed by atoms with van der Waals surface area (Å²) >= 11 is 0. The Balaban J connectivity index is 1.23. The van der Waals surface area contributed by atoms with Crippen LogP contribution < -0.4 is 5.32 Å². The van der Waals surface area contributed by atoms with Crippen molar-refractivity contribution in [1.82, 2.24) is 0 Å². The fraction of sp³-hybridized carbons (Fsp3) is 0. The second-order valence-corrected chi connectivity index (χ2v) is 9.50. The molecule has 174 valence electrons. The zero-order valence-corrected chi connectivity index (χ0v) is 20.4. The van der Waals surface area contributed by atoms with Crippen molar-refractivity contribution in [3.63, 3.8) is 0 Å². The molecule has 0 aliphatic heterocycles. The van der Waals surface area contributed by atoms with Crippen LogP contribution in [0.25, 0.3) is 56.3 Å². The van der Waals surface area contributed by atoms with Crippen LogP contribution in [0.5, 0.6) is 0 Å². The Labute approximate surface area is 217 Å². The predicted octanol–water partition coefficient (Wildman–Crippen LogP) is 10.1. The summed E-state index contributed by atoms with van der Waals surface area (Å²) in [5, 5.41) is 6.22. The molecule has 0 heterocycles. The summed E-state index contributed by atoms with van der Waals surface area (Å²) in [6, 6.07) is 47.6. The number of benzene rings is 6. The minimum absolute atomic E-state index is 1.08. The Hall–Kier alpha value is -4.88. The van der Waals surface area contributed by atoms with Gasteiger partial charge in [-0.3, -0.25) is 0 Å². The third kappa shape index (κ3) is 3.91. The van der Waals surface area contributed by atoms with E-state index in [4.69, 9.17) is 0 Å². The molecule has 1 nitrogen and oxygen atoms in total. The molecule has 0 spiro atoms. The maximum Gasteiger partial charge on any atom is 0.0384 e. The second kappa shape index (κ2) is 8.96. The van der Waals surface area contributed by atoms with Gasteiger partial charge in [-0.15, -0.1) is 0 Å². The summed E-state index contributed by atoms with van der Waals surface area (Å²) in [5.41, 5.74) is 12.2. The zero-order valence-electron chi connectivity index (χ0n) is 20.4. The van der Waals surface area contributed by atoms with Crippen molar-refractivity contribution < 1.29 is 0 Å². The highest BCUT2D eigenvalue weighted by Crippen LogP contribution is 2.43. The Morgan fingerprint density at radius 1 is 0.324 bits per heavy atom. The molecule has 1 aliphatic rings. The van der Waals surface area contributed by atoms with Gasteiger partial charge in [0.2, 0.25) is 0 Å². The number of nitrogens with one attached hydrogen (secondary N) is 1. The van der Waals surface area contributed by atoms with Crippen LogP contribution in [0.15, 0.2) is 133 Å². The maximum atomic E-state index is 3.55. The SMILES string of the molecule is C1=Cc2ccc(-c3ccc(Nc4ccc(-c5ccccc5)cc4)cc3)c3c(-c4ccccc4)ccc1c23. The van der Waals surface area contributed by atoms with E-state index < -0.39 is 0 Å². The summed E-state index contributed by atoms with van der Waals surface area (Å²) in [7, 11) is 0. The molecule has 1 aliphatic carbocycles. The van der Waals surface area contributed by atoms with E-state index in [1.165, 1.54) is 55.3 Å². The number of hydrogen-bond donors (Lipinski definition) is 1. The Kier molecular flexibility index (Phi) is 5.19. The van der Waals surface area contributed by atoms with Gasteiger partial charge in [-0.25, -0.2) is 0 Å². The van der Waals surface area contributed by atoms with Crippen molar-refractivity contribution in [3.05, 3.63) is 145 Å². The number of rotatable bonds is 5. The lowest BCUT2D eigenvalue weighted by Crippen LogP contribution is -1.92. The maximum absolute atomic E-state index is 3.55. The molecule has 0 unspecified atom stereocenters. The third-order valence-electron chi connectivity index (χ3n) is 7.23. The van der Waals surface area contributed by atoms with E-state index >= 15 is 0 Å². The molecule has 0 radical (unpaired) electrons. The molecule has 6 aromatic carbocycles. The van der Waals surface area contributed by atoms with Crippen LogP contribution in [0, 0.1) is 0 Å². The fourth-order valence-corrected chi connectivity index (χ4v) is 5.38. The monoisotopic (exact) mass is 471 g/mol. The first-order valence-corrected chi connectivity index (χ1v) is 12.7. The first kappa shape index (κ1) is 21.4. The van der Waals surface area contributed by atoms with Crippen molar-refractivity contribution in [3.8, 4) is 33.4 Å². The van der Waals surface area contributed by atoms with E-state index in [1.54, 1.807) is 0 Å². The first-order chi connectivity index (χ1) is 18.3. The Bertz CT molecular complexity index is 1730. The van der Waals surface area contributed by atoms with Gasteiger partial charge in [0, 0.05) is 11.4 Å². The number of anilines is 2. The average Bonchev–Trinajstić information content (AvgIpc) is 3.40. The molecule has 0 saturated carbocycles. The van der Waals surface area contributed by atoms with Crippen LogP contribution in [0.2, 0.25) is 0 Å². The van der Waals surface area contributed by atoms with Gasteiger partial charge in [-0.05, 0) is 79.5 Å². The van der Waals surface area contributed by atoms with Crippen LogP contribution in [0.4, 0.5) is 11.4 Å². The molecule has 0 aromatic heterocycles. The van der Waals surface area contributed by atoms with Gasteiger partial charge in [0.25, 0.3) is 0 Å². The summed E-state index contributed by atoms with van der Waals surface area (Å²) < 4.78 is 0. The van der Waals surface area contributed by atoms with E-state index in [-0.39, 0.29) is 0 Å². The van der Waals surface area contributed by atoms with Gasteiger partial charge in [0.05, 0.1) is 0 Å². The second-order valence-electron chi connectivity index (χ2n) is 9.50. The Morgan fingerprint density at radius 2 is 0.757 bits per heavy atom. The fourth-order valence-electron chi connectivity index (χ4n) is 5.38. The molecule has 6 aromatic rings. The molecule has 0 saturated heterocycles. The van der Waals surface area contributed by atoms with Gasteiger partial charge in [-0.1, -0.05) is 121 Å². The molecule has 0 atom stereocenters. The quantitative estimate of drug-likeness (QED) is 0.263.